The number of urea groups is 1. The van der Waals surface area contributed by atoms with Gasteiger partial charge in [-0.15, -0.1) is 0 Å². The van der Waals surface area contributed by atoms with Gasteiger partial charge in [0.2, 0.25) is 5.91 Å². The molecule has 0 saturated carbocycles. The smallest absolute Gasteiger partial charge is 0.321 e. The van der Waals surface area contributed by atoms with Crippen LogP contribution in [0.25, 0.3) is 0 Å². The predicted molar refractivity (Wildman–Crippen MR) is 106 cm³/mol. The van der Waals surface area contributed by atoms with Crippen LogP contribution < -0.4 is 10.2 Å². The Hall–Kier alpha value is -3.00. The number of likely N-dealkylation sites (N-methyl/N-ethyl adjacent to an activating group) is 1. The van der Waals surface area contributed by atoms with Crippen molar-refractivity contribution in [3.63, 3.8) is 0 Å². The molecule has 0 unspecified atom stereocenters. The first-order valence-corrected chi connectivity index (χ1v) is 9.45. The number of nitrogens with zero attached hydrogens (tertiary/aromatic N) is 3. The Bertz CT molecular complexity index is 954. The maximum Gasteiger partial charge on any atom is 0.321 e. The van der Waals surface area contributed by atoms with E-state index in [9.17, 15) is 18.4 Å². The van der Waals surface area contributed by atoms with Gasteiger partial charge in [-0.05, 0) is 49.9 Å². The molecule has 0 radical (unpaired) electrons. The minimum Gasteiger partial charge on any atom is -0.323 e. The van der Waals surface area contributed by atoms with E-state index in [0.29, 0.717) is 37.4 Å². The molecule has 152 valence electrons. The van der Waals surface area contributed by atoms with E-state index >= 15 is 0 Å². The van der Waals surface area contributed by atoms with Crippen LogP contribution in [0.4, 0.5) is 25.0 Å². The normalized spacial score (nSPS) is 22.4. The van der Waals surface area contributed by atoms with Crippen molar-refractivity contribution in [2.45, 2.75) is 12.0 Å². The molecular formula is C21H22F2N4O2. The quantitative estimate of drug-likeness (QED) is 0.844. The molecule has 2 saturated heterocycles. The zero-order chi connectivity index (χ0) is 20.6. The maximum atomic E-state index is 13.7. The van der Waals surface area contributed by atoms with E-state index in [2.05, 4.69) is 5.32 Å². The summed E-state index contributed by atoms with van der Waals surface area (Å²) in [5.74, 6) is -0.922. The van der Waals surface area contributed by atoms with E-state index in [1.165, 1.54) is 30.3 Å². The first-order valence-electron chi connectivity index (χ1n) is 9.45. The van der Waals surface area contributed by atoms with Crippen LogP contribution in [0, 0.1) is 11.6 Å². The molecule has 6 nitrogen and oxygen atoms in total. The average Bonchev–Trinajstić information content (AvgIpc) is 3.10. The molecule has 0 bridgehead atoms. The second-order valence-electron chi connectivity index (χ2n) is 7.65. The summed E-state index contributed by atoms with van der Waals surface area (Å²) in [7, 11) is 1.87. The van der Waals surface area contributed by atoms with Crippen LogP contribution in [0.3, 0.4) is 0 Å². The van der Waals surface area contributed by atoms with Gasteiger partial charge in [0.15, 0.2) is 0 Å². The van der Waals surface area contributed by atoms with Crippen molar-refractivity contribution in [3.05, 3.63) is 60.2 Å². The lowest BCUT2D eigenvalue weighted by molar-refractivity contribution is -0.123. The zero-order valence-electron chi connectivity index (χ0n) is 16.1. The van der Waals surface area contributed by atoms with Gasteiger partial charge in [-0.1, -0.05) is 12.1 Å². The first-order chi connectivity index (χ1) is 13.9. The van der Waals surface area contributed by atoms with Crippen molar-refractivity contribution in [3.8, 4) is 0 Å². The minimum absolute atomic E-state index is 0.105. The largest absolute Gasteiger partial charge is 0.323 e. The monoisotopic (exact) mass is 400 g/mol. The van der Waals surface area contributed by atoms with Gasteiger partial charge >= 0.3 is 6.03 Å². The third kappa shape index (κ3) is 3.80. The molecule has 1 spiro atoms. The second-order valence-corrected chi connectivity index (χ2v) is 7.65. The predicted octanol–water partition coefficient (Wildman–Crippen LogP) is 2.92. The number of likely N-dealkylation sites (tertiary alicyclic amines) is 1. The third-order valence-corrected chi connectivity index (χ3v) is 5.75. The molecule has 2 aliphatic rings. The molecule has 2 aromatic carbocycles. The Kier molecular flexibility index (Phi) is 4.96. The van der Waals surface area contributed by atoms with Crippen LogP contribution >= 0.6 is 0 Å². The Labute approximate surface area is 167 Å². The van der Waals surface area contributed by atoms with E-state index in [-0.39, 0.29) is 18.5 Å². The molecule has 2 aromatic rings. The van der Waals surface area contributed by atoms with Gasteiger partial charge in [0.1, 0.15) is 11.6 Å². The van der Waals surface area contributed by atoms with Crippen molar-refractivity contribution in [1.82, 2.24) is 9.80 Å². The maximum absolute atomic E-state index is 13.7. The number of halogens is 2. The lowest BCUT2D eigenvalue weighted by atomic mass is 9.92. The van der Waals surface area contributed by atoms with Crippen molar-refractivity contribution >= 4 is 23.3 Å². The molecule has 8 heteroatoms. The highest BCUT2D eigenvalue weighted by atomic mass is 19.1. The van der Waals surface area contributed by atoms with E-state index in [4.69, 9.17) is 0 Å². The second kappa shape index (κ2) is 7.44. The van der Waals surface area contributed by atoms with Crippen molar-refractivity contribution in [1.29, 1.82) is 0 Å². The molecular weight excluding hydrogens is 378 g/mol. The Balaban J connectivity index is 1.50. The third-order valence-electron chi connectivity index (χ3n) is 5.75. The summed E-state index contributed by atoms with van der Waals surface area (Å²) in [6.45, 7) is 1.49. The zero-order valence-corrected chi connectivity index (χ0v) is 16.1. The summed E-state index contributed by atoms with van der Waals surface area (Å²) in [6.07, 6.45) is 0.680. The number of hydrogen-bond donors (Lipinski definition) is 1. The topological polar surface area (TPSA) is 55.9 Å². The van der Waals surface area contributed by atoms with Gasteiger partial charge in [-0.25, -0.2) is 13.6 Å². The van der Waals surface area contributed by atoms with Crippen molar-refractivity contribution in [2.75, 3.05) is 43.4 Å². The highest BCUT2D eigenvalue weighted by Crippen LogP contribution is 2.33. The highest BCUT2D eigenvalue weighted by Gasteiger charge is 2.48. The number of carbonyl (C=O) groups is 2. The van der Waals surface area contributed by atoms with Gasteiger partial charge in [-0.3, -0.25) is 9.69 Å². The molecule has 3 amide bonds. The summed E-state index contributed by atoms with van der Waals surface area (Å²) in [5, 5.41) is 2.72. The summed E-state index contributed by atoms with van der Waals surface area (Å²) >= 11 is 0. The molecule has 1 N–H and O–H groups in total. The molecule has 2 fully saturated rings. The van der Waals surface area contributed by atoms with Gasteiger partial charge in [0, 0.05) is 31.0 Å². The highest BCUT2D eigenvalue weighted by molar-refractivity contribution is 5.96. The Morgan fingerprint density at radius 3 is 2.52 bits per heavy atom. The summed E-state index contributed by atoms with van der Waals surface area (Å²) < 4.78 is 27.0. The number of nitrogens with one attached hydrogen (secondary N) is 1. The molecule has 2 heterocycles. The van der Waals surface area contributed by atoms with Gasteiger partial charge in [0.25, 0.3) is 0 Å². The van der Waals surface area contributed by atoms with Gasteiger partial charge in [-0.2, -0.15) is 0 Å². The van der Waals surface area contributed by atoms with Crippen LogP contribution in [-0.4, -0.2) is 60.5 Å². The van der Waals surface area contributed by atoms with E-state index in [1.807, 2.05) is 11.9 Å². The van der Waals surface area contributed by atoms with E-state index < -0.39 is 17.2 Å². The fourth-order valence-corrected chi connectivity index (χ4v) is 4.08. The standard InChI is InChI=1S/C21H22F2N4O2/c1-25-12-19(28)27(18-7-3-5-16(23)11-18)14-21(25)8-9-26(13-21)20(29)24-17-6-2-4-15(22)10-17/h2-7,10-11H,8-9,12-14H2,1H3,(H,24,29)/t21-/m1/s1. The minimum atomic E-state index is -0.419. The number of benzene rings is 2. The van der Waals surface area contributed by atoms with Crippen LogP contribution in [0.1, 0.15) is 6.42 Å². The summed E-state index contributed by atoms with van der Waals surface area (Å²) in [4.78, 5) is 30.5. The van der Waals surface area contributed by atoms with Crippen LogP contribution in [0.5, 0.6) is 0 Å². The van der Waals surface area contributed by atoms with Crippen LogP contribution in [0.2, 0.25) is 0 Å². The van der Waals surface area contributed by atoms with Gasteiger partial charge < -0.3 is 15.1 Å². The number of piperazine rings is 1. The molecule has 4 rings (SSSR count). The molecule has 2 aliphatic heterocycles. The first kappa shape index (κ1) is 19.3. The molecule has 1 atom stereocenters. The summed E-state index contributed by atoms with van der Waals surface area (Å²) in [6, 6.07) is 11.4. The van der Waals surface area contributed by atoms with Crippen LogP contribution in [-0.2, 0) is 4.79 Å². The SMILES string of the molecule is CN1CC(=O)N(c2cccc(F)c2)C[C@]12CCN(C(=O)Nc1cccc(F)c1)C2. The average molecular weight is 400 g/mol. The number of rotatable bonds is 2. The number of hydrogen-bond acceptors (Lipinski definition) is 3. The molecule has 0 aromatic heterocycles. The Morgan fingerprint density at radius 1 is 1.07 bits per heavy atom. The molecule has 29 heavy (non-hydrogen) atoms. The molecule has 0 aliphatic carbocycles. The fourth-order valence-electron chi connectivity index (χ4n) is 4.08. The van der Waals surface area contributed by atoms with E-state index in [0.717, 1.165) is 0 Å². The summed E-state index contributed by atoms with van der Waals surface area (Å²) in [5.41, 5.74) is 0.495. The van der Waals surface area contributed by atoms with Crippen LogP contribution in [0.15, 0.2) is 48.5 Å². The number of amides is 3. The van der Waals surface area contributed by atoms with Gasteiger partial charge in [0.05, 0.1) is 12.1 Å². The van der Waals surface area contributed by atoms with Crippen molar-refractivity contribution < 1.29 is 18.4 Å². The lowest BCUT2D eigenvalue weighted by Crippen LogP contribution is -2.64. The fraction of sp³-hybridized carbons (Fsp3) is 0.333. The van der Waals surface area contributed by atoms with E-state index in [1.54, 1.807) is 28.0 Å². The lowest BCUT2D eigenvalue weighted by Gasteiger charge is -2.46. The van der Waals surface area contributed by atoms with Crippen molar-refractivity contribution in [2.24, 2.45) is 0 Å². The number of anilines is 2. The number of carbonyl (C=O) groups excluding carboxylic acids is 2. The Morgan fingerprint density at radius 2 is 1.79 bits per heavy atom.